The number of rotatable bonds is 5. The van der Waals surface area contributed by atoms with Crippen LogP contribution in [-0.2, 0) is 0 Å². The largest absolute Gasteiger partial charge is 0.395 e. The third-order valence-electron chi connectivity index (χ3n) is 4.08. The molecule has 0 unspecified atom stereocenters. The van der Waals surface area contributed by atoms with Crippen molar-refractivity contribution in [3.05, 3.63) is 43.5 Å². The third-order valence-corrected chi connectivity index (χ3v) is 4.08. The zero-order valence-electron chi connectivity index (χ0n) is 13.2. The summed E-state index contributed by atoms with van der Waals surface area (Å²) in [6, 6.07) is 1.95. The Morgan fingerprint density at radius 3 is 2.29 bits per heavy atom. The van der Waals surface area contributed by atoms with Gasteiger partial charge in [0.15, 0.2) is 0 Å². The summed E-state index contributed by atoms with van der Waals surface area (Å²) in [5, 5.41) is 31.0. The molecule has 10 heteroatoms. The smallest absolute Gasteiger partial charge is 0.279 e. The van der Waals surface area contributed by atoms with Crippen molar-refractivity contribution >= 4 is 17.3 Å². The monoisotopic (exact) mass is 338 g/mol. The molecule has 1 heterocycles. The van der Waals surface area contributed by atoms with E-state index >= 15 is 0 Å². The Kier molecular flexibility index (Phi) is 5.42. The summed E-state index contributed by atoms with van der Waals surface area (Å²) >= 11 is 0. The van der Waals surface area contributed by atoms with Crippen LogP contribution in [0, 0.1) is 27.2 Å². The van der Waals surface area contributed by atoms with Crippen LogP contribution in [-0.4, -0.2) is 70.0 Å². The molecular formula is C14H18N4O6. The fourth-order valence-electron chi connectivity index (χ4n) is 2.69. The molecule has 10 nitrogen and oxygen atoms in total. The minimum Gasteiger partial charge on any atom is -0.395 e. The molecule has 1 saturated heterocycles. The van der Waals surface area contributed by atoms with Crippen molar-refractivity contribution in [2.75, 3.05) is 39.3 Å². The second-order valence-electron chi connectivity index (χ2n) is 5.51. The van der Waals surface area contributed by atoms with E-state index in [-0.39, 0.29) is 17.7 Å². The second-order valence-corrected chi connectivity index (χ2v) is 5.51. The topological polar surface area (TPSA) is 130 Å². The molecule has 1 N–H and O–H groups in total. The number of piperazine rings is 1. The average Bonchev–Trinajstić information content (AvgIpc) is 2.55. The van der Waals surface area contributed by atoms with Gasteiger partial charge in [-0.1, -0.05) is 0 Å². The number of carbonyl (C=O) groups is 1. The Labute approximate surface area is 137 Å². The Hall–Kier alpha value is -2.59. The highest BCUT2D eigenvalue weighted by Gasteiger charge is 2.28. The van der Waals surface area contributed by atoms with Crippen molar-refractivity contribution in [1.29, 1.82) is 0 Å². The summed E-state index contributed by atoms with van der Waals surface area (Å²) in [6.45, 7) is 3.90. The lowest BCUT2D eigenvalue weighted by atomic mass is 10.0. The van der Waals surface area contributed by atoms with E-state index in [1.165, 1.54) is 11.8 Å². The molecule has 1 aromatic rings. The molecule has 0 atom stereocenters. The second kappa shape index (κ2) is 7.32. The molecule has 1 aromatic carbocycles. The number of aliphatic hydroxyl groups is 1. The van der Waals surface area contributed by atoms with Crippen LogP contribution in [0.15, 0.2) is 12.1 Å². The highest BCUT2D eigenvalue weighted by atomic mass is 16.6. The Bertz CT molecular complexity index is 669. The van der Waals surface area contributed by atoms with Gasteiger partial charge in [0.2, 0.25) is 0 Å². The lowest BCUT2D eigenvalue weighted by Crippen LogP contribution is -2.49. The van der Waals surface area contributed by atoms with Crippen molar-refractivity contribution in [3.8, 4) is 0 Å². The van der Waals surface area contributed by atoms with Crippen LogP contribution < -0.4 is 0 Å². The number of nitrogens with zero attached hydrogens (tertiary/aromatic N) is 4. The number of nitro groups is 2. The SMILES string of the molecule is Cc1c(C(=O)N2CCN(CCO)CC2)cc([N+](=O)[O-])cc1[N+](=O)[O-]. The first kappa shape index (κ1) is 17.8. The number of amides is 1. The molecule has 1 aliphatic heterocycles. The summed E-state index contributed by atoms with van der Waals surface area (Å²) in [7, 11) is 0. The Balaban J connectivity index is 2.29. The zero-order valence-corrected chi connectivity index (χ0v) is 13.2. The maximum Gasteiger partial charge on any atom is 0.279 e. The first-order valence-corrected chi connectivity index (χ1v) is 7.41. The van der Waals surface area contributed by atoms with Gasteiger partial charge in [-0.05, 0) is 6.92 Å². The van der Waals surface area contributed by atoms with Crippen LogP contribution >= 0.6 is 0 Å². The maximum atomic E-state index is 12.6. The van der Waals surface area contributed by atoms with Gasteiger partial charge in [-0.25, -0.2) is 0 Å². The predicted octanol–water partition coefficient (Wildman–Crippen LogP) is 0.562. The summed E-state index contributed by atoms with van der Waals surface area (Å²) in [5.41, 5.74) is -0.819. The van der Waals surface area contributed by atoms with Crippen LogP contribution in [0.5, 0.6) is 0 Å². The Morgan fingerprint density at radius 2 is 1.79 bits per heavy atom. The van der Waals surface area contributed by atoms with Crippen molar-refractivity contribution in [3.63, 3.8) is 0 Å². The van der Waals surface area contributed by atoms with Crippen LogP contribution in [0.1, 0.15) is 15.9 Å². The zero-order chi connectivity index (χ0) is 17.9. The summed E-state index contributed by atoms with van der Waals surface area (Å²) in [4.78, 5) is 36.8. The first-order chi connectivity index (χ1) is 11.3. The molecule has 0 bridgehead atoms. The van der Waals surface area contributed by atoms with E-state index in [4.69, 9.17) is 5.11 Å². The number of hydrogen-bond acceptors (Lipinski definition) is 7. The molecule has 130 valence electrons. The molecular weight excluding hydrogens is 320 g/mol. The standard InChI is InChI=1S/C14H18N4O6/c1-10-12(8-11(17(21)22)9-13(10)18(23)24)14(20)16-4-2-15(3-5-16)6-7-19/h8-9,19H,2-7H2,1H3. The number of nitro benzene ring substituents is 2. The number of carbonyl (C=O) groups excluding carboxylic acids is 1. The molecule has 0 spiro atoms. The number of benzene rings is 1. The van der Waals surface area contributed by atoms with Gasteiger partial charge in [-0.3, -0.25) is 29.9 Å². The van der Waals surface area contributed by atoms with Gasteiger partial charge in [-0.15, -0.1) is 0 Å². The van der Waals surface area contributed by atoms with Crippen molar-refractivity contribution in [2.45, 2.75) is 6.92 Å². The maximum absolute atomic E-state index is 12.6. The molecule has 1 fully saturated rings. The molecule has 0 aliphatic carbocycles. The van der Waals surface area contributed by atoms with Gasteiger partial charge < -0.3 is 10.0 Å². The van der Waals surface area contributed by atoms with Gasteiger partial charge in [0.05, 0.1) is 28.1 Å². The highest BCUT2D eigenvalue weighted by molar-refractivity contribution is 5.97. The molecule has 1 amide bonds. The fraction of sp³-hybridized carbons (Fsp3) is 0.500. The van der Waals surface area contributed by atoms with Crippen LogP contribution in [0.2, 0.25) is 0 Å². The lowest BCUT2D eigenvalue weighted by Gasteiger charge is -2.34. The van der Waals surface area contributed by atoms with E-state index in [1.807, 2.05) is 4.90 Å². The van der Waals surface area contributed by atoms with Crippen molar-refractivity contribution < 1.29 is 19.7 Å². The molecule has 0 radical (unpaired) electrons. The predicted molar refractivity (Wildman–Crippen MR) is 83.9 cm³/mol. The van der Waals surface area contributed by atoms with Crippen LogP contribution in [0.4, 0.5) is 11.4 Å². The summed E-state index contributed by atoms with van der Waals surface area (Å²) in [6.07, 6.45) is 0. The Morgan fingerprint density at radius 1 is 1.17 bits per heavy atom. The van der Waals surface area contributed by atoms with Gasteiger partial charge in [0, 0.05) is 44.4 Å². The van der Waals surface area contributed by atoms with Crippen LogP contribution in [0.3, 0.4) is 0 Å². The normalized spacial score (nSPS) is 15.3. The van der Waals surface area contributed by atoms with Crippen molar-refractivity contribution in [2.24, 2.45) is 0 Å². The van der Waals surface area contributed by atoms with E-state index in [2.05, 4.69) is 0 Å². The van der Waals surface area contributed by atoms with Crippen molar-refractivity contribution in [1.82, 2.24) is 9.80 Å². The van der Waals surface area contributed by atoms with Gasteiger partial charge >= 0.3 is 0 Å². The van der Waals surface area contributed by atoms with Crippen LogP contribution in [0.25, 0.3) is 0 Å². The fourth-order valence-corrected chi connectivity index (χ4v) is 2.69. The number of aliphatic hydroxyl groups excluding tert-OH is 1. The average molecular weight is 338 g/mol. The first-order valence-electron chi connectivity index (χ1n) is 7.41. The molecule has 0 aromatic heterocycles. The van der Waals surface area contributed by atoms with Gasteiger partial charge in [0.25, 0.3) is 17.3 Å². The van der Waals surface area contributed by atoms with E-state index in [0.29, 0.717) is 32.7 Å². The summed E-state index contributed by atoms with van der Waals surface area (Å²) < 4.78 is 0. The van der Waals surface area contributed by atoms with E-state index in [0.717, 1.165) is 12.1 Å². The van der Waals surface area contributed by atoms with E-state index in [1.54, 1.807) is 0 Å². The molecule has 24 heavy (non-hydrogen) atoms. The number of non-ortho nitro benzene ring substituents is 1. The molecule has 2 rings (SSSR count). The molecule has 0 saturated carbocycles. The number of hydrogen-bond donors (Lipinski definition) is 1. The van der Waals surface area contributed by atoms with Gasteiger partial charge in [-0.2, -0.15) is 0 Å². The lowest BCUT2D eigenvalue weighted by molar-refractivity contribution is -0.394. The third kappa shape index (κ3) is 3.66. The number of β-amino-alcohol motifs (C(OH)–C–C–N with tert-alkyl or cyclic N) is 1. The quantitative estimate of drug-likeness (QED) is 0.613. The molecule has 1 aliphatic rings. The highest BCUT2D eigenvalue weighted by Crippen LogP contribution is 2.29. The van der Waals surface area contributed by atoms with E-state index in [9.17, 15) is 25.0 Å². The van der Waals surface area contributed by atoms with Gasteiger partial charge in [0.1, 0.15) is 0 Å². The minimum atomic E-state index is -0.748. The van der Waals surface area contributed by atoms with E-state index < -0.39 is 27.1 Å². The minimum absolute atomic E-state index is 0.0218. The summed E-state index contributed by atoms with van der Waals surface area (Å²) in [5.74, 6) is -0.456.